The fourth-order valence-electron chi connectivity index (χ4n) is 2.30. The number of carbonyl (C=O) groups excluding carboxylic acids is 1. The maximum atomic E-state index is 11.1. The van der Waals surface area contributed by atoms with Gasteiger partial charge in [-0.1, -0.05) is 0 Å². The molecule has 0 aliphatic carbocycles. The summed E-state index contributed by atoms with van der Waals surface area (Å²) in [4.78, 5) is 23.6. The number of carbonyl (C=O) groups is 1. The molecule has 2 radical (unpaired) electrons. The standard InChI is InChI=1S/C15H14BN5O2/c1-8-11(7-18-14-13(8)21(3)15(16)20-14)23-10-4-5-17-12(6-10)19-9(2)22/h4-7H,1-3H3,(H,17,19,22). The topological polar surface area (TPSA) is 81.9 Å². The highest BCUT2D eigenvalue weighted by Crippen LogP contribution is 2.29. The quantitative estimate of drug-likeness (QED) is 0.736. The number of aromatic nitrogens is 4. The third-order valence-corrected chi connectivity index (χ3v) is 3.40. The van der Waals surface area contributed by atoms with E-state index in [2.05, 4.69) is 20.3 Å². The van der Waals surface area contributed by atoms with Crippen LogP contribution in [0.1, 0.15) is 12.5 Å². The molecule has 3 rings (SSSR count). The van der Waals surface area contributed by atoms with Crippen LogP contribution in [0.15, 0.2) is 24.5 Å². The molecule has 0 unspecified atom stereocenters. The van der Waals surface area contributed by atoms with Gasteiger partial charge in [-0.25, -0.2) is 15.0 Å². The summed E-state index contributed by atoms with van der Waals surface area (Å²) in [5.74, 6) is 1.36. The number of amides is 1. The van der Waals surface area contributed by atoms with Gasteiger partial charge >= 0.3 is 0 Å². The van der Waals surface area contributed by atoms with Gasteiger partial charge in [-0.3, -0.25) is 4.79 Å². The van der Waals surface area contributed by atoms with E-state index in [0.29, 0.717) is 28.7 Å². The van der Waals surface area contributed by atoms with E-state index >= 15 is 0 Å². The average molecular weight is 307 g/mol. The number of fused-ring (bicyclic) bond motifs is 1. The molecule has 3 heterocycles. The van der Waals surface area contributed by atoms with Crippen molar-refractivity contribution in [3.05, 3.63) is 30.1 Å². The Morgan fingerprint density at radius 1 is 1.39 bits per heavy atom. The van der Waals surface area contributed by atoms with Crippen LogP contribution in [0.25, 0.3) is 11.2 Å². The first-order valence-corrected chi connectivity index (χ1v) is 6.94. The molecule has 0 aliphatic rings. The number of rotatable bonds is 3. The summed E-state index contributed by atoms with van der Waals surface area (Å²) in [5.41, 5.74) is 2.66. The van der Waals surface area contributed by atoms with Crippen LogP contribution >= 0.6 is 0 Å². The number of aryl methyl sites for hydroxylation is 2. The van der Waals surface area contributed by atoms with Gasteiger partial charge in [0.1, 0.15) is 11.6 Å². The molecular weight excluding hydrogens is 293 g/mol. The minimum Gasteiger partial charge on any atom is -0.455 e. The second kappa shape index (κ2) is 5.71. The van der Waals surface area contributed by atoms with Gasteiger partial charge < -0.3 is 14.6 Å². The molecule has 3 aromatic heterocycles. The lowest BCUT2D eigenvalue weighted by Gasteiger charge is -2.10. The van der Waals surface area contributed by atoms with Gasteiger partial charge in [0.15, 0.2) is 19.2 Å². The van der Waals surface area contributed by atoms with Crippen LogP contribution in [-0.4, -0.2) is 33.3 Å². The summed E-state index contributed by atoms with van der Waals surface area (Å²) in [6.45, 7) is 3.33. The van der Waals surface area contributed by atoms with Crippen LogP contribution in [0.2, 0.25) is 0 Å². The molecule has 0 aliphatic heterocycles. The summed E-state index contributed by atoms with van der Waals surface area (Å²) >= 11 is 0. The predicted octanol–water partition coefficient (Wildman–Crippen LogP) is 1.22. The van der Waals surface area contributed by atoms with Crippen LogP contribution in [0.5, 0.6) is 11.5 Å². The van der Waals surface area contributed by atoms with Crippen molar-refractivity contribution in [3.63, 3.8) is 0 Å². The molecule has 8 heteroatoms. The molecular formula is C15H14BN5O2. The van der Waals surface area contributed by atoms with Crippen LogP contribution < -0.4 is 15.8 Å². The molecule has 0 saturated heterocycles. The first-order valence-electron chi connectivity index (χ1n) is 6.94. The van der Waals surface area contributed by atoms with Crippen molar-refractivity contribution < 1.29 is 9.53 Å². The fraction of sp³-hybridized carbons (Fsp3) is 0.200. The van der Waals surface area contributed by atoms with Crippen LogP contribution in [-0.2, 0) is 11.8 Å². The molecule has 0 spiro atoms. The fourth-order valence-corrected chi connectivity index (χ4v) is 2.30. The predicted molar refractivity (Wildman–Crippen MR) is 87.2 cm³/mol. The van der Waals surface area contributed by atoms with Gasteiger partial charge in [-0.15, -0.1) is 0 Å². The second-order valence-electron chi connectivity index (χ2n) is 5.11. The highest BCUT2D eigenvalue weighted by molar-refractivity contribution is 6.30. The van der Waals surface area contributed by atoms with Gasteiger partial charge in [0.2, 0.25) is 5.91 Å². The van der Waals surface area contributed by atoms with Crippen molar-refractivity contribution >= 4 is 36.5 Å². The Morgan fingerprint density at radius 2 is 2.17 bits per heavy atom. The summed E-state index contributed by atoms with van der Waals surface area (Å²) < 4.78 is 7.63. The molecule has 1 amide bonds. The van der Waals surface area contributed by atoms with Gasteiger partial charge in [-0.05, 0) is 13.0 Å². The van der Waals surface area contributed by atoms with E-state index in [4.69, 9.17) is 12.6 Å². The third-order valence-electron chi connectivity index (χ3n) is 3.40. The monoisotopic (exact) mass is 307 g/mol. The SMILES string of the molecule is [B]c1nc2ncc(Oc3ccnc(NC(C)=O)c3)c(C)c2n1C. The number of imidazole rings is 1. The molecule has 0 fully saturated rings. The number of anilines is 1. The molecule has 7 nitrogen and oxygen atoms in total. The zero-order chi connectivity index (χ0) is 16.6. The lowest BCUT2D eigenvalue weighted by molar-refractivity contribution is -0.114. The number of hydrogen-bond donors (Lipinski definition) is 1. The lowest BCUT2D eigenvalue weighted by atomic mass is 10.1. The van der Waals surface area contributed by atoms with Crippen LogP contribution in [0, 0.1) is 6.92 Å². The van der Waals surface area contributed by atoms with Crippen molar-refractivity contribution in [2.24, 2.45) is 7.05 Å². The Bertz CT molecular complexity index is 906. The van der Waals surface area contributed by atoms with Crippen LogP contribution in [0.3, 0.4) is 0 Å². The highest BCUT2D eigenvalue weighted by atomic mass is 16.5. The van der Waals surface area contributed by atoms with Gasteiger partial charge in [-0.2, -0.15) is 0 Å². The normalized spacial score (nSPS) is 10.7. The van der Waals surface area contributed by atoms with E-state index in [-0.39, 0.29) is 5.91 Å². The maximum Gasteiger partial charge on any atom is 0.222 e. The van der Waals surface area contributed by atoms with Crippen molar-refractivity contribution in [2.75, 3.05) is 5.32 Å². The first-order chi connectivity index (χ1) is 11.0. The molecule has 23 heavy (non-hydrogen) atoms. The summed E-state index contributed by atoms with van der Waals surface area (Å²) in [6.07, 6.45) is 3.16. The molecule has 1 N–H and O–H groups in total. The number of nitrogens with one attached hydrogen (secondary N) is 1. The van der Waals surface area contributed by atoms with Gasteiger partial charge in [0.05, 0.1) is 17.4 Å². The molecule has 3 aromatic rings. The third kappa shape index (κ3) is 2.87. The van der Waals surface area contributed by atoms with E-state index in [9.17, 15) is 4.79 Å². The smallest absolute Gasteiger partial charge is 0.222 e. The zero-order valence-corrected chi connectivity index (χ0v) is 13.0. The minimum absolute atomic E-state index is 0.195. The highest BCUT2D eigenvalue weighted by Gasteiger charge is 2.13. The average Bonchev–Trinajstić information content (AvgIpc) is 2.78. The minimum atomic E-state index is -0.195. The summed E-state index contributed by atoms with van der Waals surface area (Å²) in [7, 11) is 7.64. The van der Waals surface area contributed by atoms with E-state index in [1.165, 1.54) is 6.92 Å². The Kier molecular flexibility index (Phi) is 3.73. The van der Waals surface area contributed by atoms with Gasteiger partial charge in [0.25, 0.3) is 0 Å². The van der Waals surface area contributed by atoms with Crippen molar-refractivity contribution in [2.45, 2.75) is 13.8 Å². The largest absolute Gasteiger partial charge is 0.455 e. The summed E-state index contributed by atoms with van der Waals surface area (Å²) in [5, 5.41) is 2.61. The lowest BCUT2D eigenvalue weighted by Crippen LogP contribution is -2.15. The number of ether oxygens (including phenoxy) is 1. The first kappa shape index (κ1) is 15.0. The van der Waals surface area contributed by atoms with Crippen molar-refractivity contribution in [1.82, 2.24) is 19.5 Å². The zero-order valence-electron chi connectivity index (χ0n) is 13.0. The molecule has 114 valence electrons. The Morgan fingerprint density at radius 3 is 2.91 bits per heavy atom. The second-order valence-corrected chi connectivity index (χ2v) is 5.11. The van der Waals surface area contributed by atoms with E-state index in [1.807, 2.05) is 14.0 Å². The number of hydrogen-bond acceptors (Lipinski definition) is 5. The Balaban J connectivity index is 1.97. The van der Waals surface area contributed by atoms with E-state index < -0.39 is 0 Å². The van der Waals surface area contributed by atoms with E-state index in [1.54, 1.807) is 29.1 Å². The van der Waals surface area contributed by atoms with Crippen LogP contribution in [0.4, 0.5) is 5.82 Å². The van der Waals surface area contributed by atoms with Crippen molar-refractivity contribution in [3.8, 4) is 11.5 Å². The molecule has 0 aromatic carbocycles. The Hall–Kier alpha value is -2.90. The van der Waals surface area contributed by atoms with Crippen molar-refractivity contribution in [1.29, 1.82) is 0 Å². The molecule has 0 saturated carbocycles. The van der Waals surface area contributed by atoms with Gasteiger partial charge in [0, 0.05) is 31.8 Å². The number of pyridine rings is 2. The van der Waals surface area contributed by atoms with E-state index in [0.717, 1.165) is 11.1 Å². The maximum absolute atomic E-state index is 11.1. The Labute approximate surface area is 134 Å². The molecule has 0 atom stereocenters. The molecule has 0 bridgehead atoms. The summed E-state index contributed by atoms with van der Waals surface area (Å²) in [6, 6.07) is 3.34. The number of nitrogens with zero attached hydrogens (tertiary/aromatic N) is 4.